The molecular weight excluding hydrogens is 468 g/mol. The van der Waals surface area contributed by atoms with Gasteiger partial charge in [0.05, 0.1) is 28.9 Å². The summed E-state index contributed by atoms with van der Waals surface area (Å²) in [6.45, 7) is 7.55. The van der Waals surface area contributed by atoms with Crippen molar-refractivity contribution in [3.8, 4) is 0 Å². The van der Waals surface area contributed by atoms with Crippen molar-refractivity contribution in [2.75, 3.05) is 36.8 Å². The molecule has 0 saturated heterocycles. The van der Waals surface area contributed by atoms with Gasteiger partial charge in [0.2, 0.25) is 5.95 Å². The van der Waals surface area contributed by atoms with Gasteiger partial charge in [-0.15, -0.1) is 0 Å². The van der Waals surface area contributed by atoms with E-state index in [-0.39, 0.29) is 29.5 Å². The molecule has 4 heterocycles. The number of amides is 2. The zero-order chi connectivity index (χ0) is 24.9. The third kappa shape index (κ3) is 5.33. The summed E-state index contributed by atoms with van der Waals surface area (Å²) in [5.41, 5.74) is 8.22. The van der Waals surface area contributed by atoms with E-state index in [0.717, 1.165) is 19.6 Å². The molecule has 0 radical (unpaired) electrons. The first-order chi connectivity index (χ1) is 16.9. The second-order valence-corrected chi connectivity index (χ2v) is 8.33. The number of aromatic nitrogens is 4. The van der Waals surface area contributed by atoms with Gasteiger partial charge < -0.3 is 20.9 Å². The molecule has 0 saturated carbocycles. The minimum atomic E-state index is -0.313. The lowest BCUT2D eigenvalue weighted by Gasteiger charge is -2.17. The molecule has 0 fully saturated rings. The Morgan fingerprint density at radius 2 is 2.09 bits per heavy atom. The summed E-state index contributed by atoms with van der Waals surface area (Å²) < 4.78 is 0. The summed E-state index contributed by atoms with van der Waals surface area (Å²) in [5, 5.41) is 3.00. The van der Waals surface area contributed by atoms with Gasteiger partial charge in [-0.05, 0) is 37.4 Å². The number of fused-ring (bicyclic) bond motifs is 1. The molecule has 0 aromatic carbocycles. The molecule has 0 unspecified atom stereocenters. The number of nitrogens with zero attached hydrogens (tertiary/aromatic N) is 5. The fraction of sp³-hybridized carbons (Fsp3) is 0.292. The predicted octanol–water partition coefficient (Wildman–Crippen LogP) is 2.59. The van der Waals surface area contributed by atoms with Gasteiger partial charge in [0.25, 0.3) is 11.8 Å². The number of carbonyl (C=O) groups is 2. The lowest BCUT2D eigenvalue weighted by molar-refractivity contribution is -0.113. The second-order valence-electron chi connectivity index (χ2n) is 7.97. The Morgan fingerprint density at radius 3 is 2.80 bits per heavy atom. The Kier molecular flexibility index (Phi) is 7.42. The van der Waals surface area contributed by atoms with Crippen LogP contribution in [0.1, 0.15) is 41.2 Å². The summed E-state index contributed by atoms with van der Waals surface area (Å²) in [4.78, 5) is 45.3. The summed E-state index contributed by atoms with van der Waals surface area (Å²) >= 11 is 6.39. The highest BCUT2D eigenvalue weighted by atomic mass is 35.5. The number of hydrogen-bond acceptors (Lipinski definition) is 7. The number of nitrogen functional groups attached to an aromatic ring is 1. The first-order valence-electron chi connectivity index (χ1n) is 11.4. The van der Waals surface area contributed by atoms with Crippen molar-refractivity contribution in [3.63, 3.8) is 0 Å². The van der Waals surface area contributed by atoms with E-state index in [4.69, 9.17) is 17.3 Å². The molecule has 3 aromatic rings. The summed E-state index contributed by atoms with van der Waals surface area (Å²) in [5.74, 6) is -0.211. The third-order valence-corrected chi connectivity index (χ3v) is 6.06. The highest BCUT2D eigenvalue weighted by Crippen LogP contribution is 2.41. The maximum Gasteiger partial charge on any atom is 0.260 e. The summed E-state index contributed by atoms with van der Waals surface area (Å²) in [6, 6.07) is 7.14. The molecule has 4 rings (SSSR count). The molecule has 0 spiro atoms. The van der Waals surface area contributed by atoms with E-state index in [0.29, 0.717) is 40.5 Å². The molecule has 4 N–H and O–H groups in total. The number of aromatic amines is 1. The zero-order valence-electron chi connectivity index (χ0n) is 19.6. The van der Waals surface area contributed by atoms with Crippen LogP contribution in [0.25, 0.3) is 11.6 Å². The Labute approximate surface area is 208 Å². The quantitative estimate of drug-likeness (QED) is 0.307. The van der Waals surface area contributed by atoms with Crippen molar-refractivity contribution in [2.45, 2.75) is 20.4 Å². The van der Waals surface area contributed by atoms with E-state index in [1.165, 1.54) is 4.90 Å². The van der Waals surface area contributed by atoms with E-state index >= 15 is 0 Å². The Hall–Kier alpha value is -3.76. The van der Waals surface area contributed by atoms with Crippen molar-refractivity contribution in [2.24, 2.45) is 0 Å². The number of likely N-dealkylation sites (N-methyl/N-ethyl adjacent to an activating group) is 1. The van der Waals surface area contributed by atoms with Crippen LogP contribution in [0.3, 0.4) is 0 Å². The standard InChI is InChI=1S/C24H27ClN8O2/c1-3-32(4-2)10-9-28-22(34)15-11-17(29-13-15)12-18-19-20(25)30-24(26)31-21(19)33(23(18)35)14-16-7-5-6-8-27-16/h5-8,11-13,29H,3-4,9-10,14H2,1-2H3,(H,28,34)(H2,26,30,31)/b18-12+. The average Bonchev–Trinajstić information content (AvgIpc) is 3.42. The first kappa shape index (κ1) is 24.4. The summed E-state index contributed by atoms with van der Waals surface area (Å²) in [7, 11) is 0. The highest BCUT2D eigenvalue weighted by Gasteiger charge is 2.37. The predicted molar refractivity (Wildman–Crippen MR) is 136 cm³/mol. The Bertz CT molecular complexity index is 1250. The van der Waals surface area contributed by atoms with Gasteiger partial charge in [0.15, 0.2) is 5.82 Å². The number of anilines is 2. The van der Waals surface area contributed by atoms with Crippen LogP contribution in [0.5, 0.6) is 0 Å². The van der Waals surface area contributed by atoms with Gasteiger partial charge in [-0.25, -0.2) is 4.98 Å². The normalized spacial score (nSPS) is 14.1. The molecule has 10 nitrogen and oxygen atoms in total. The number of carbonyl (C=O) groups excluding carboxylic acids is 2. The lowest BCUT2D eigenvalue weighted by Crippen LogP contribution is -2.34. The van der Waals surface area contributed by atoms with Gasteiger partial charge in [-0.1, -0.05) is 31.5 Å². The van der Waals surface area contributed by atoms with Crippen LogP contribution in [-0.2, 0) is 11.3 Å². The van der Waals surface area contributed by atoms with Crippen molar-refractivity contribution < 1.29 is 9.59 Å². The smallest absolute Gasteiger partial charge is 0.260 e. The number of rotatable bonds is 9. The van der Waals surface area contributed by atoms with E-state index in [1.807, 2.05) is 12.1 Å². The first-order valence-corrected chi connectivity index (χ1v) is 11.7. The molecule has 3 aromatic heterocycles. The van der Waals surface area contributed by atoms with Crippen LogP contribution < -0.4 is 16.0 Å². The number of halogens is 1. The minimum Gasteiger partial charge on any atom is -0.368 e. The molecule has 1 aliphatic rings. The van der Waals surface area contributed by atoms with Gasteiger partial charge in [0.1, 0.15) is 5.15 Å². The van der Waals surface area contributed by atoms with Crippen LogP contribution >= 0.6 is 11.6 Å². The van der Waals surface area contributed by atoms with Crippen LogP contribution in [0.4, 0.5) is 11.8 Å². The van der Waals surface area contributed by atoms with Crippen LogP contribution in [0, 0.1) is 0 Å². The second kappa shape index (κ2) is 10.7. The van der Waals surface area contributed by atoms with Crippen molar-refractivity contribution in [1.29, 1.82) is 0 Å². The fourth-order valence-electron chi connectivity index (χ4n) is 3.90. The van der Waals surface area contributed by atoms with E-state index in [1.54, 1.807) is 30.6 Å². The largest absolute Gasteiger partial charge is 0.368 e. The molecule has 0 bridgehead atoms. The Balaban J connectivity index is 1.58. The monoisotopic (exact) mass is 494 g/mol. The number of hydrogen-bond donors (Lipinski definition) is 3. The molecular formula is C24H27ClN8O2. The SMILES string of the molecule is CCN(CC)CCNC(=O)c1c[nH]c(/C=C2/C(=O)N(Cc3ccccn3)c3nc(N)nc(Cl)c32)c1. The summed E-state index contributed by atoms with van der Waals surface area (Å²) in [6.07, 6.45) is 4.90. The topological polar surface area (TPSA) is 133 Å². The number of pyridine rings is 1. The number of nitrogens with one attached hydrogen (secondary N) is 2. The molecule has 1 aliphatic heterocycles. The highest BCUT2D eigenvalue weighted by molar-refractivity contribution is 6.41. The van der Waals surface area contributed by atoms with Crippen molar-refractivity contribution in [3.05, 3.63) is 64.3 Å². The van der Waals surface area contributed by atoms with E-state index in [2.05, 4.69) is 44.0 Å². The lowest BCUT2D eigenvalue weighted by atomic mass is 10.1. The number of H-pyrrole nitrogens is 1. The molecule has 182 valence electrons. The van der Waals surface area contributed by atoms with Crippen LogP contribution in [-0.4, -0.2) is 62.8 Å². The maximum atomic E-state index is 13.4. The van der Waals surface area contributed by atoms with Gasteiger partial charge >= 0.3 is 0 Å². The molecule has 0 atom stereocenters. The van der Waals surface area contributed by atoms with Crippen molar-refractivity contribution in [1.82, 2.24) is 30.2 Å². The molecule has 11 heteroatoms. The van der Waals surface area contributed by atoms with Gasteiger partial charge in [-0.2, -0.15) is 4.98 Å². The Morgan fingerprint density at radius 1 is 1.29 bits per heavy atom. The van der Waals surface area contributed by atoms with Crippen molar-refractivity contribution >= 4 is 46.8 Å². The maximum absolute atomic E-state index is 13.4. The molecule has 2 amide bonds. The van der Waals surface area contributed by atoms with E-state index in [9.17, 15) is 9.59 Å². The minimum absolute atomic E-state index is 0.0302. The van der Waals surface area contributed by atoms with E-state index < -0.39 is 0 Å². The zero-order valence-corrected chi connectivity index (χ0v) is 20.3. The molecule has 0 aliphatic carbocycles. The number of nitrogens with two attached hydrogens (primary N) is 1. The molecule has 35 heavy (non-hydrogen) atoms. The van der Waals surface area contributed by atoms with Crippen LogP contribution in [0.15, 0.2) is 36.7 Å². The third-order valence-electron chi connectivity index (χ3n) is 5.79. The average molecular weight is 495 g/mol. The van der Waals surface area contributed by atoms with Gasteiger partial charge in [0, 0.05) is 31.2 Å². The van der Waals surface area contributed by atoms with Gasteiger partial charge in [-0.3, -0.25) is 19.5 Å². The fourth-order valence-corrected chi connectivity index (χ4v) is 4.17. The van der Waals surface area contributed by atoms with Crippen LogP contribution in [0.2, 0.25) is 5.15 Å².